The predicted molar refractivity (Wildman–Crippen MR) is 318 cm³/mol. The lowest BCUT2D eigenvalue weighted by molar-refractivity contribution is -0.380. The van der Waals surface area contributed by atoms with Gasteiger partial charge in [0.2, 0.25) is 11.8 Å². The molecule has 2 amide bonds. The van der Waals surface area contributed by atoms with Crippen LogP contribution in [0.3, 0.4) is 0 Å². The summed E-state index contributed by atoms with van der Waals surface area (Å²) < 4.78 is 68.0. The molecule has 31 heteroatoms. The minimum atomic E-state index is -2.01. The Morgan fingerprint density at radius 3 is 1.72 bits per heavy atom. The molecule has 8 fully saturated rings. The number of ketones is 1. The molecule has 94 heavy (non-hydrogen) atoms. The number of Topliss-reactive ketones (excluding diaryl/α,β-unsaturated/α-hetero) is 1. The third kappa shape index (κ3) is 14.5. The van der Waals surface area contributed by atoms with Crippen molar-refractivity contribution in [2.75, 3.05) is 40.1 Å². The molecule has 0 aromatic heterocycles. The summed E-state index contributed by atoms with van der Waals surface area (Å²) in [6.07, 6.45) is -36.3. The molecule has 540 valence electrons. The van der Waals surface area contributed by atoms with Crippen LogP contribution < -0.4 is 10.6 Å². The van der Waals surface area contributed by atoms with E-state index in [-0.39, 0.29) is 41.5 Å². The summed E-state index contributed by atoms with van der Waals surface area (Å²) in [5.74, 6) is -1.64. The maximum absolute atomic E-state index is 13.6. The summed E-state index contributed by atoms with van der Waals surface area (Å²) in [5.41, 5.74) is -2.29. The van der Waals surface area contributed by atoms with Crippen molar-refractivity contribution in [3.8, 4) is 0 Å². The molecule has 9 aliphatic rings. The smallest absolute Gasteiger partial charge is 0.217 e. The number of methoxy groups -OCH3 is 1. The molecule has 5 heterocycles. The van der Waals surface area contributed by atoms with Crippen LogP contribution >= 0.6 is 0 Å². The van der Waals surface area contributed by atoms with E-state index in [9.17, 15) is 91.0 Å². The number of fused-ring (bicyclic) bond motifs is 4. The van der Waals surface area contributed by atoms with E-state index in [1.54, 1.807) is 21.0 Å². The fourth-order valence-electron chi connectivity index (χ4n) is 17.3. The number of hydrogen-bond acceptors (Lipinski definition) is 29. The van der Waals surface area contributed by atoms with E-state index in [2.05, 4.69) is 31.4 Å². The number of rotatable bonds is 22. The SMILES string of the molecule is CO[C@@H]1C[C@H]([C@H](C)CC(=O)CC(C)(C)O)[C@@]2(C)CC[C@@]3(O)C(=C12)CC[C@H]1C(C)(C)[C@@H](O[C@@H]2OC[C@@H](O[C@@H]4O[C@H](CO)[C@H](O)[C@H](O)[C@H]4NC(C)=O)[C@H](O)[C@H]2O[C@@H]2O[C@H](CO[C@@H]4O[C@H](CO)[C@@H](O)[C@H](O)[C@H]4O[C@@H]4O[C@H](CO)[C@@H](O)[C@H](O)[C@H]4O)[C@@H](O)[C@H](O)[C@H]2NC(C)=O)CC[C@@]13C. The molecule has 3 saturated carbocycles. The Kier molecular flexibility index (Phi) is 23.7. The monoisotopic (exact) mass is 1350 g/mol. The van der Waals surface area contributed by atoms with E-state index in [1.165, 1.54) is 0 Å². The number of amides is 2. The van der Waals surface area contributed by atoms with Crippen molar-refractivity contribution in [1.29, 1.82) is 0 Å². The standard InChI is InChI=1S/C63H104N2O29/c1-25(17-28(71)19-59(4,5)82)30-18-31(84-10)39-29-11-12-37-60(6,7)38(13-14-62(37,9)63(29,83)16-15-61(30,39)8)92-58-52(46(76)36(24-86-58)91-54-40(64-26(2)69)47(77)42(72)32(20-66)87-54)93-55-41(65-27(3)70)48(78)45(75)35(90-55)23-85-57-53(50(80)44(74)34(22-68)89-57)94-56-51(81)49(79)43(73)33(21-67)88-56/h25,30-38,40-58,66-68,72-83H,11-24H2,1-10H3,(H,64,69)(H,65,70)/t25-,30-,31-,32-,33-,34-,35-,36-,37+,38+,40-,41-,42+,43-,44-,45-,46+,47-,48-,49+,50+,51-,52-,53-,54+,55+,56+,57-,58+,61-,62+,63-/m1/s1. The Balaban J connectivity index is 1.00. The van der Waals surface area contributed by atoms with Gasteiger partial charge in [-0.05, 0) is 98.5 Å². The number of ether oxygens (including phenoxy) is 11. The average Bonchev–Trinajstić information content (AvgIpc) is 1.20. The highest BCUT2D eigenvalue weighted by Gasteiger charge is 2.68. The zero-order chi connectivity index (χ0) is 69.2. The van der Waals surface area contributed by atoms with Crippen LogP contribution in [0.5, 0.6) is 0 Å². The molecular weight excluding hydrogens is 1250 g/mol. The Bertz CT molecular complexity index is 2630. The minimum absolute atomic E-state index is 0.0209. The Hall–Kier alpha value is -2.69. The fourth-order valence-corrected chi connectivity index (χ4v) is 17.3. The van der Waals surface area contributed by atoms with Crippen LogP contribution in [-0.2, 0) is 66.5 Å². The third-order valence-corrected chi connectivity index (χ3v) is 22.3. The maximum atomic E-state index is 13.6. The fraction of sp³-hybridized carbons (Fsp3) is 0.921. The lowest BCUT2D eigenvalue weighted by Crippen LogP contribution is -2.69. The molecule has 0 unspecified atom stereocenters. The second kappa shape index (κ2) is 29.5. The van der Waals surface area contributed by atoms with Crippen LogP contribution in [0, 0.1) is 34.0 Å². The number of aliphatic hydroxyl groups excluding tert-OH is 13. The highest BCUT2D eigenvalue weighted by molar-refractivity contribution is 5.79. The Labute approximate surface area is 545 Å². The summed E-state index contributed by atoms with van der Waals surface area (Å²) in [5, 5.41) is 172. The maximum Gasteiger partial charge on any atom is 0.217 e. The number of carbonyl (C=O) groups is 3. The first kappa shape index (κ1) is 75.5. The molecular formula is C63H104N2O29. The number of aliphatic hydroxyl groups is 15. The summed E-state index contributed by atoms with van der Waals surface area (Å²) in [6.45, 7) is 12.1. The molecule has 0 spiro atoms. The number of carbonyl (C=O) groups excluding carboxylic acids is 3. The van der Waals surface area contributed by atoms with Crippen LogP contribution in [0.1, 0.15) is 120 Å². The topological polar surface area (TPSA) is 480 Å². The van der Waals surface area contributed by atoms with Crippen LogP contribution in [0.15, 0.2) is 11.1 Å². The molecule has 9 rings (SSSR count). The zero-order valence-corrected chi connectivity index (χ0v) is 55.1. The molecule has 31 nitrogen and oxygen atoms in total. The van der Waals surface area contributed by atoms with Gasteiger partial charge < -0.3 is 139 Å². The van der Waals surface area contributed by atoms with Gasteiger partial charge in [0, 0.05) is 39.2 Å². The molecule has 0 radical (unpaired) electrons. The van der Waals surface area contributed by atoms with E-state index in [4.69, 9.17) is 52.1 Å². The van der Waals surface area contributed by atoms with Crippen molar-refractivity contribution in [3.05, 3.63) is 11.1 Å². The van der Waals surface area contributed by atoms with Crippen molar-refractivity contribution in [1.82, 2.24) is 10.6 Å². The van der Waals surface area contributed by atoms with E-state index in [1.807, 2.05) is 13.8 Å². The summed E-state index contributed by atoms with van der Waals surface area (Å²) in [4.78, 5) is 38.7. The van der Waals surface area contributed by atoms with Crippen molar-refractivity contribution >= 4 is 17.6 Å². The van der Waals surface area contributed by atoms with Crippen molar-refractivity contribution < 1.29 is 143 Å². The van der Waals surface area contributed by atoms with Gasteiger partial charge in [-0.25, -0.2) is 0 Å². The lowest BCUT2D eigenvalue weighted by atomic mass is 9.42. The largest absolute Gasteiger partial charge is 0.394 e. The first-order valence-corrected chi connectivity index (χ1v) is 32.9. The van der Waals surface area contributed by atoms with E-state index < -0.39 is 220 Å². The molecule has 0 aromatic carbocycles. The normalized spacial score (nSPS) is 47.6. The highest BCUT2D eigenvalue weighted by atomic mass is 16.8. The van der Waals surface area contributed by atoms with Gasteiger partial charge in [-0.3, -0.25) is 14.4 Å². The predicted octanol–water partition coefficient (Wildman–Crippen LogP) is -4.75. The molecule has 17 N–H and O–H groups in total. The van der Waals surface area contributed by atoms with E-state index >= 15 is 0 Å². The van der Waals surface area contributed by atoms with Crippen molar-refractivity contribution in [2.45, 2.75) is 291 Å². The van der Waals surface area contributed by atoms with Gasteiger partial charge in [0.15, 0.2) is 31.5 Å². The Morgan fingerprint density at radius 2 is 1.15 bits per heavy atom. The second-order valence-corrected chi connectivity index (χ2v) is 29.4. The van der Waals surface area contributed by atoms with Gasteiger partial charge in [0.25, 0.3) is 0 Å². The molecule has 5 saturated heterocycles. The molecule has 0 bridgehead atoms. The highest BCUT2D eigenvalue weighted by Crippen LogP contribution is 2.70. The molecule has 0 aromatic rings. The van der Waals surface area contributed by atoms with Gasteiger partial charge in [0.1, 0.15) is 122 Å². The second-order valence-electron chi connectivity index (χ2n) is 29.4. The van der Waals surface area contributed by atoms with Crippen molar-refractivity contribution in [3.63, 3.8) is 0 Å². The molecule has 5 aliphatic heterocycles. The van der Waals surface area contributed by atoms with Gasteiger partial charge in [-0.15, -0.1) is 0 Å². The quantitative estimate of drug-likeness (QED) is 0.0357. The minimum Gasteiger partial charge on any atom is -0.394 e. The van der Waals surface area contributed by atoms with E-state index in [0.29, 0.717) is 51.4 Å². The Morgan fingerprint density at radius 1 is 0.628 bits per heavy atom. The van der Waals surface area contributed by atoms with Gasteiger partial charge in [0.05, 0.1) is 56.4 Å². The van der Waals surface area contributed by atoms with Gasteiger partial charge >= 0.3 is 0 Å². The number of hydrogen-bond donors (Lipinski definition) is 17. The van der Waals surface area contributed by atoms with Gasteiger partial charge in [-0.2, -0.15) is 0 Å². The zero-order valence-electron chi connectivity index (χ0n) is 55.1. The first-order chi connectivity index (χ1) is 44.0. The summed E-state index contributed by atoms with van der Waals surface area (Å²) in [6, 6.07) is -3.15. The van der Waals surface area contributed by atoms with Crippen LogP contribution in [-0.4, -0.2) is 305 Å². The number of nitrogens with one attached hydrogen (secondary N) is 2. The van der Waals surface area contributed by atoms with Crippen LogP contribution in [0.2, 0.25) is 0 Å². The third-order valence-electron chi connectivity index (χ3n) is 22.3. The van der Waals surface area contributed by atoms with Gasteiger partial charge in [-0.1, -0.05) is 34.6 Å². The molecule has 32 atom stereocenters. The first-order valence-electron chi connectivity index (χ1n) is 32.9. The van der Waals surface area contributed by atoms with E-state index in [0.717, 1.165) is 25.0 Å². The summed E-state index contributed by atoms with van der Waals surface area (Å²) in [7, 11) is 1.67. The lowest BCUT2D eigenvalue weighted by Gasteiger charge is -2.65. The average molecular weight is 1350 g/mol. The molecule has 4 aliphatic carbocycles. The summed E-state index contributed by atoms with van der Waals surface area (Å²) >= 11 is 0. The van der Waals surface area contributed by atoms with Crippen LogP contribution in [0.25, 0.3) is 0 Å². The van der Waals surface area contributed by atoms with Crippen LogP contribution in [0.4, 0.5) is 0 Å². The van der Waals surface area contributed by atoms with Crippen molar-refractivity contribution in [2.24, 2.45) is 34.0 Å².